The maximum Gasteiger partial charge on any atom is 0.103 e. The molecule has 0 aromatic rings. The maximum absolute atomic E-state index is 15.1. The number of hydrogen-bond acceptors (Lipinski definition) is 0. The molecule has 0 aliphatic heterocycles. The van der Waals surface area contributed by atoms with Crippen LogP contribution in [0.5, 0.6) is 0 Å². The highest BCUT2D eigenvalue weighted by atomic mass is 19.1. The molecule has 0 heterocycles. The predicted molar refractivity (Wildman–Crippen MR) is 106 cm³/mol. The van der Waals surface area contributed by atoms with E-state index in [2.05, 4.69) is 13.8 Å². The molecule has 0 saturated heterocycles. The lowest BCUT2D eigenvalue weighted by atomic mass is 9.64. The van der Waals surface area contributed by atoms with E-state index < -0.39 is 6.17 Å². The van der Waals surface area contributed by atoms with Crippen molar-refractivity contribution in [3.63, 3.8) is 0 Å². The van der Waals surface area contributed by atoms with Crippen LogP contribution in [0.2, 0.25) is 0 Å². The highest BCUT2D eigenvalue weighted by Crippen LogP contribution is 2.47. The minimum Gasteiger partial charge on any atom is -0.247 e. The molecule has 3 saturated carbocycles. The van der Waals surface area contributed by atoms with Crippen molar-refractivity contribution >= 4 is 0 Å². The highest BCUT2D eigenvalue weighted by Gasteiger charge is 2.39. The molecule has 3 fully saturated rings. The van der Waals surface area contributed by atoms with Crippen molar-refractivity contribution in [2.45, 2.75) is 116 Å². The number of rotatable bonds is 6. The third-order valence-corrected chi connectivity index (χ3v) is 8.46. The largest absolute Gasteiger partial charge is 0.247 e. The molecular formula is C24H43F. The van der Waals surface area contributed by atoms with Crippen molar-refractivity contribution in [2.75, 3.05) is 0 Å². The van der Waals surface area contributed by atoms with E-state index in [0.717, 1.165) is 24.2 Å². The molecule has 25 heavy (non-hydrogen) atoms. The smallest absolute Gasteiger partial charge is 0.103 e. The highest BCUT2D eigenvalue weighted by molar-refractivity contribution is 4.90. The molecule has 0 bridgehead atoms. The molecule has 0 radical (unpaired) electrons. The van der Waals surface area contributed by atoms with Crippen LogP contribution in [0.15, 0.2) is 0 Å². The van der Waals surface area contributed by atoms with E-state index in [-0.39, 0.29) is 0 Å². The van der Waals surface area contributed by atoms with Crippen LogP contribution in [0.1, 0.15) is 110 Å². The Bertz CT molecular complexity index is 362. The molecule has 3 unspecified atom stereocenters. The first-order valence-electron chi connectivity index (χ1n) is 11.8. The van der Waals surface area contributed by atoms with Crippen LogP contribution in [0, 0.1) is 35.5 Å². The average Bonchev–Trinajstić information content (AvgIpc) is 2.67. The first-order valence-corrected chi connectivity index (χ1v) is 11.8. The van der Waals surface area contributed by atoms with E-state index in [4.69, 9.17) is 0 Å². The molecule has 3 atom stereocenters. The summed E-state index contributed by atoms with van der Waals surface area (Å²) >= 11 is 0. The quantitative estimate of drug-likeness (QED) is 0.456. The summed E-state index contributed by atoms with van der Waals surface area (Å²) in [6, 6.07) is 0. The van der Waals surface area contributed by atoms with Gasteiger partial charge in [-0.3, -0.25) is 0 Å². The standard InChI is InChI=1S/C24H43F/c1-3-5-6-19-9-13-21(14-10-19)23-16-15-22(17-24(23)25)20-11-7-18(4-2)8-12-20/h18-24H,3-17H2,1-2H3. The SMILES string of the molecule is CCCCC1CCC(C2CCC(C3CCC(CC)CC3)CC2F)CC1. The summed E-state index contributed by atoms with van der Waals surface area (Å²) in [5, 5.41) is 0. The molecule has 0 aromatic heterocycles. The van der Waals surface area contributed by atoms with E-state index >= 15 is 4.39 Å². The zero-order valence-corrected chi connectivity index (χ0v) is 17.0. The first-order chi connectivity index (χ1) is 12.2. The second kappa shape index (κ2) is 9.75. The van der Waals surface area contributed by atoms with Crippen molar-refractivity contribution in [2.24, 2.45) is 35.5 Å². The Balaban J connectivity index is 1.42. The normalized spacial score (nSPS) is 43.1. The van der Waals surface area contributed by atoms with Gasteiger partial charge in [0.05, 0.1) is 0 Å². The lowest BCUT2D eigenvalue weighted by Crippen LogP contribution is -2.36. The minimum atomic E-state index is -0.486. The van der Waals surface area contributed by atoms with Gasteiger partial charge in [-0.2, -0.15) is 0 Å². The Morgan fingerprint density at radius 1 is 0.680 bits per heavy atom. The second-order valence-corrected chi connectivity index (χ2v) is 9.87. The van der Waals surface area contributed by atoms with Gasteiger partial charge in [-0.15, -0.1) is 0 Å². The Kier molecular flexibility index (Phi) is 7.67. The Hall–Kier alpha value is -0.0700. The van der Waals surface area contributed by atoms with E-state index in [1.165, 1.54) is 89.9 Å². The number of halogens is 1. The van der Waals surface area contributed by atoms with E-state index in [0.29, 0.717) is 17.8 Å². The van der Waals surface area contributed by atoms with Gasteiger partial charge in [-0.1, -0.05) is 65.2 Å². The Labute approximate surface area is 156 Å². The lowest BCUT2D eigenvalue weighted by molar-refractivity contribution is 0.0327. The molecule has 146 valence electrons. The van der Waals surface area contributed by atoms with Crippen molar-refractivity contribution in [3.05, 3.63) is 0 Å². The zero-order chi connectivity index (χ0) is 17.6. The summed E-state index contributed by atoms with van der Waals surface area (Å²) in [6.45, 7) is 4.64. The molecule has 3 rings (SSSR count). The Morgan fingerprint density at radius 2 is 1.28 bits per heavy atom. The maximum atomic E-state index is 15.1. The van der Waals surface area contributed by atoms with E-state index in [1.54, 1.807) is 0 Å². The summed E-state index contributed by atoms with van der Waals surface area (Å²) in [5.41, 5.74) is 0. The van der Waals surface area contributed by atoms with Gasteiger partial charge in [-0.05, 0) is 80.5 Å². The van der Waals surface area contributed by atoms with Crippen molar-refractivity contribution < 1.29 is 4.39 Å². The average molecular weight is 351 g/mol. The first kappa shape index (κ1) is 19.7. The van der Waals surface area contributed by atoms with Gasteiger partial charge in [0.25, 0.3) is 0 Å². The monoisotopic (exact) mass is 350 g/mol. The molecule has 1 heteroatoms. The fourth-order valence-corrected chi connectivity index (χ4v) is 6.59. The van der Waals surface area contributed by atoms with Crippen LogP contribution in [-0.4, -0.2) is 6.17 Å². The topological polar surface area (TPSA) is 0 Å². The van der Waals surface area contributed by atoms with Crippen LogP contribution in [0.4, 0.5) is 4.39 Å². The third-order valence-electron chi connectivity index (χ3n) is 8.46. The van der Waals surface area contributed by atoms with Gasteiger partial charge in [0.1, 0.15) is 6.17 Å². The molecule has 3 aliphatic rings. The molecule has 0 spiro atoms. The fourth-order valence-electron chi connectivity index (χ4n) is 6.59. The van der Waals surface area contributed by atoms with Gasteiger partial charge >= 0.3 is 0 Å². The third kappa shape index (κ3) is 5.23. The van der Waals surface area contributed by atoms with Gasteiger partial charge in [0.2, 0.25) is 0 Å². The number of hydrogen-bond donors (Lipinski definition) is 0. The second-order valence-electron chi connectivity index (χ2n) is 9.87. The van der Waals surface area contributed by atoms with Crippen molar-refractivity contribution in [1.82, 2.24) is 0 Å². The summed E-state index contributed by atoms with van der Waals surface area (Å²) in [7, 11) is 0. The fraction of sp³-hybridized carbons (Fsp3) is 1.00. The van der Waals surface area contributed by atoms with Crippen LogP contribution in [-0.2, 0) is 0 Å². The van der Waals surface area contributed by atoms with E-state index in [9.17, 15) is 0 Å². The zero-order valence-electron chi connectivity index (χ0n) is 17.0. The van der Waals surface area contributed by atoms with Crippen LogP contribution in [0.25, 0.3) is 0 Å². The van der Waals surface area contributed by atoms with E-state index in [1.807, 2.05) is 0 Å². The summed E-state index contributed by atoms with van der Waals surface area (Å²) in [5.74, 6) is 4.62. The molecule has 0 nitrogen and oxygen atoms in total. The lowest BCUT2D eigenvalue weighted by Gasteiger charge is -2.43. The molecule has 0 N–H and O–H groups in total. The van der Waals surface area contributed by atoms with Gasteiger partial charge in [0, 0.05) is 0 Å². The molecule has 0 amide bonds. The van der Waals surface area contributed by atoms with Crippen molar-refractivity contribution in [3.8, 4) is 0 Å². The van der Waals surface area contributed by atoms with Gasteiger partial charge < -0.3 is 0 Å². The molecule has 0 aromatic carbocycles. The predicted octanol–water partition coefficient (Wildman–Crippen LogP) is 7.95. The Morgan fingerprint density at radius 3 is 1.88 bits per heavy atom. The van der Waals surface area contributed by atoms with Crippen molar-refractivity contribution in [1.29, 1.82) is 0 Å². The minimum absolute atomic E-state index is 0.412. The number of unbranched alkanes of at least 4 members (excludes halogenated alkanes) is 1. The van der Waals surface area contributed by atoms with Crippen LogP contribution < -0.4 is 0 Å². The van der Waals surface area contributed by atoms with Crippen LogP contribution in [0.3, 0.4) is 0 Å². The molecule has 3 aliphatic carbocycles. The summed E-state index contributed by atoms with van der Waals surface area (Å²) < 4.78 is 15.1. The van der Waals surface area contributed by atoms with Crippen LogP contribution >= 0.6 is 0 Å². The summed E-state index contributed by atoms with van der Waals surface area (Å²) in [6.07, 6.45) is 19.5. The molecular weight excluding hydrogens is 307 g/mol. The number of alkyl halides is 1. The summed E-state index contributed by atoms with van der Waals surface area (Å²) in [4.78, 5) is 0. The van der Waals surface area contributed by atoms with Gasteiger partial charge in [-0.25, -0.2) is 4.39 Å². The van der Waals surface area contributed by atoms with Gasteiger partial charge in [0.15, 0.2) is 0 Å².